The van der Waals surface area contributed by atoms with Gasteiger partial charge in [0.05, 0.1) is 5.71 Å². The number of aliphatic imine (C=N–C) groups is 1. The van der Waals surface area contributed by atoms with Gasteiger partial charge in [0, 0.05) is 19.2 Å². The van der Waals surface area contributed by atoms with Gasteiger partial charge in [-0.15, -0.1) is 11.8 Å². The van der Waals surface area contributed by atoms with Crippen LogP contribution in [0, 0.1) is 0 Å². The Morgan fingerprint density at radius 2 is 2.29 bits per heavy atom. The van der Waals surface area contributed by atoms with Gasteiger partial charge in [0.2, 0.25) is 0 Å². The first kappa shape index (κ1) is 14.0. The first-order valence-corrected chi connectivity index (χ1v) is 6.17. The number of hydrazone groups is 1. The van der Waals surface area contributed by atoms with Gasteiger partial charge in [-0.3, -0.25) is 4.99 Å². The third-order valence-corrected chi connectivity index (χ3v) is 3.20. The normalized spacial score (nSPS) is 20.1. The van der Waals surface area contributed by atoms with Crippen LogP contribution in [0.15, 0.2) is 15.2 Å². The zero-order chi connectivity index (χ0) is 12.9. The van der Waals surface area contributed by atoms with Crippen molar-refractivity contribution in [2.45, 2.75) is 25.9 Å². The molecule has 0 fully saturated rings. The average molecular weight is 260 g/mol. The van der Waals surface area contributed by atoms with E-state index in [1.807, 2.05) is 13.8 Å². The van der Waals surface area contributed by atoms with Crippen molar-refractivity contribution >= 4 is 28.2 Å². The van der Waals surface area contributed by atoms with Gasteiger partial charge in [0.25, 0.3) is 0 Å². The van der Waals surface area contributed by atoms with Gasteiger partial charge in [-0.05, 0) is 13.8 Å². The zero-order valence-corrected chi connectivity index (χ0v) is 11.1. The first-order chi connectivity index (χ1) is 8.02. The SMILES string of the molecule is CN=C(CSC1=NOC(C)(C)C1)/C(CF)=N\N. The lowest BCUT2D eigenvalue weighted by Gasteiger charge is -2.13. The molecule has 5 nitrogen and oxygen atoms in total. The molecule has 0 amide bonds. The highest BCUT2D eigenvalue weighted by molar-refractivity contribution is 8.14. The third-order valence-electron chi connectivity index (χ3n) is 2.23. The molecule has 1 aliphatic rings. The average Bonchev–Trinajstić information content (AvgIpc) is 2.64. The minimum Gasteiger partial charge on any atom is -0.389 e. The van der Waals surface area contributed by atoms with Gasteiger partial charge >= 0.3 is 0 Å². The molecule has 0 unspecified atom stereocenters. The molecule has 0 spiro atoms. The molecule has 1 heterocycles. The molecule has 0 aromatic heterocycles. The van der Waals surface area contributed by atoms with Crippen LogP contribution in [-0.4, -0.2) is 41.5 Å². The van der Waals surface area contributed by atoms with Crippen LogP contribution in [0.25, 0.3) is 0 Å². The fourth-order valence-corrected chi connectivity index (χ4v) is 2.43. The van der Waals surface area contributed by atoms with Gasteiger partial charge in [-0.25, -0.2) is 4.39 Å². The molecular formula is C10H17FN4OS. The number of nitrogens with two attached hydrogens (primary N) is 1. The number of alkyl halides is 1. The van der Waals surface area contributed by atoms with Crippen LogP contribution in [0.5, 0.6) is 0 Å². The Bertz CT molecular complexity index is 365. The van der Waals surface area contributed by atoms with Gasteiger partial charge < -0.3 is 10.7 Å². The summed E-state index contributed by atoms with van der Waals surface area (Å²) >= 11 is 1.47. The Labute approximate surface area is 104 Å². The maximum atomic E-state index is 12.6. The predicted octanol–water partition coefficient (Wildman–Crippen LogP) is 1.59. The Morgan fingerprint density at radius 3 is 2.71 bits per heavy atom. The molecule has 0 saturated carbocycles. The fraction of sp³-hybridized carbons (Fsp3) is 0.700. The van der Waals surface area contributed by atoms with Crippen LogP contribution < -0.4 is 5.84 Å². The summed E-state index contributed by atoms with van der Waals surface area (Å²) < 4.78 is 12.6. The highest BCUT2D eigenvalue weighted by Gasteiger charge is 2.29. The number of oxime groups is 1. The smallest absolute Gasteiger partial charge is 0.138 e. The van der Waals surface area contributed by atoms with Crippen LogP contribution in [0.1, 0.15) is 20.3 Å². The molecule has 0 saturated heterocycles. The predicted molar refractivity (Wildman–Crippen MR) is 70.6 cm³/mol. The quantitative estimate of drug-likeness (QED) is 0.474. The minimum atomic E-state index is -0.710. The summed E-state index contributed by atoms with van der Waals surface area (Å²) in [5.74, 6) is 5.58. The standard InChI is InChI=1S/C10H17FN4OS/c1-10(2)4-9(15-16-10)17-6-8(13-3)7(5-11)14-12/h4-6,12H2,1-3H3/b13-8?,14-7-. The number of thioether (sulfide) groups is 1. The van der Waals surface area contributed by atoms with Crippen molar-refractivity contribution in [3.05, 3.63) is 0 Å². The number of rotatable bonds is 4. The molecule has 0 aromatic rings. The molecule has 0 bridgehead atoms. The molecule has 17 heavy (non-hydrogen) atoms. The van der Waals surface area contributed by atoms with E-state index >= 15 is 0 Å². The van der Waals surface area contributed by atoms with E-state index in [0.29, 0.717) is 11.5 Å². The van der Waals surface area contributed by atoms with Crippen LogP contribution >= 0.6 is 11.8 Å². The van der Waals surface area contributed by atoms with E-state index in [4.69, 9.17) is 10.7 Å². The van der Waals surface area contributed by atoms with Crippen molar-refractivity contribution in [3.63, 3.8) is 0 Å². The summed E-state index contributed by atoms with van der Waals surface area (Å²) in [6, 6.07) is 0. The molecule has 0 radical (unpaired) electrons. The fourth-order valence-electron chi connectivity index (χ4n) is 1.30. The Kier molecular flexibility index (Phi) is 4.92. The summed E-state index contributed by atoms with van der Waals surface area (Å²) in [4.78, 5) is 9.21. The number of hydrogen-bond donors (Lipinski definition) is 1. The lowest BCUT2D eigenvalue weighted by Crippen LogP contribution is -2.22. The number of nitrogens with zero attached hydrogens (tertiary/aromatic N) is 3. The van der Waals surface area contributed by atoms with Crippen molar-refractivity contribution in [1.29, 1.82) is 0 Å². The topological polar surface area (TPSA) is 72.3 Å². The maximum absolute atomic E-state index is 12.6. The molecule has 1 rings (SSSR count). The summed E-state index contributed by atoms with van der Waals surface area (Å²) in [7, 11) is 1.59. The van der Waals surface area contributed by atoms with Crippen molar-refractivity contribution < 1.29 is 9.23 Å². The van der Waals surface area contributed by atoms with Gasteiger partial charge in [0.15, 0.2) is 0 Å². The van der Waals surface area contributed by atoms with Crippen molar-refractivity contribution in [2.24, 2.45) is 21.1 Å². The Hall–Kier alpha value is -1.11. The highest BCUT2D eigenvalue weighted by atomic mass is 32.2. The van der Waals surface area contributed by atoms with Gasteiger partial charge in [-0.1, -0.05) is 5.16 Å². The summed E-state index contributed by atoms with van der Waals surface area (Å²) in [6.07, 6.45) is 0.749. The second-order valence-electron chi connectivity index (χ2n) is 4.18. The monoisotopic (exact) mass is 260 g/mol. The van der Waals surface area contributed by atoms with E-state index in [9.17, 15) is 4.39 Å². The van der Waals surface area contributed by atoms with Crippen molar-refractivity contribution in [3.8, 4) is 0 Å². The number of halogens is 1. The molecular weight excluding hydrogens is 243 g/mol. The Balaban J connectivity index is 2.51. The third kappa shape index (κ3) is 3.99. The lowest BCUT2D eigenvalue weighted by atomic mass is 10.1. The summed E-state index contributed by atoms with van der Waals surface area (Å²) in [5.41, 5.74) is 0.475. The van der Waals surface area contributed by atoms with Gasteiger partial charge in [0.1, 0.15) is 23.0 Å². The van der Waals surface area contributed by atoms with E-state index in [1.165, 1.54) is 11.8 Å². The first-order valence-electron chi connectivity index (χ1n) is 5.19. The van der Waals surface area contributed by atoms with Crippen LogP contribution in [0.3, 0.4) is 0 Å². The van der Waals surface area contributed by atoms with E-state index in [-0.39, 0.29) is 11.3 Å². The molecule has 1 aliphatic heterocycles. The second-order valence-corrected chi connectivity index (χ2v) is 5.23. The van der Waals surface area contributed by atoms with Crippen molar-refractivity contribution in [2.75, 3.05) is 19.5 Å². The number of hydrogen-bond acceptors (Lipinski definition) is 6. The molecule has 0 aromatic carbocycles. The van der Waals surface area contributed by atoms with Crippen LogP contribution in [-0.2, 0) is 4.84 Å². The maximum Gasteiger partial charge on any atom is 0.138 e. The van der Waals surface area contributed by atoms with Crippen LogP contribution in [0.4, 0.5) is 4.39 Å². The van der Waals surface area contributed by atoms with E-state index < -0.39 is 6.67 Å². The highest BCUT2D eigenvalue weighted by Crippen LogP contribution is 2.27. The molecule has 96 valence electrons. The molecule has 0 atom stereocenters. The van der Waals surface area contributed by atoms with Crippen LogP contribution in [0.2, 0.25) is 0 Å². The second kappa shape index (κ2) is 6.00. The van der Waals surface area contributed by atoms with Crippen molar-refractivity contribution in [1.82, 2.24) is 0 Å². The van der Waals surface area contributed by atoms with E-state index in [1.54, 1.807) is 7.05 Å². The molecule has 0 aliphatic carbocycles. The molecule has 7 heteroatoms. The lowest BCUT2D eigenvalue weighted by molar-refractivity contribution is 0.0123. The molecule has 2 N–H and O–H groups in total. The van der Waals surface area contributed by atoms with E-state index in [2.05, 4.69) is 15.2 Å². The Morgan fingerprint density at radius 1 is 1.59 bits per heavy atom. The van der Waals surface area contributed by atoms with Gasteiger partial charge in [-0.2, -0.15) is 5.10 Å². The zero-order valence-electron chi connectivity index (χ0n) is 10.2. The summed E-state index contributed by atoms with van der Waals surface area (Å²) in [6.45, 7) is 3.22. The summed E-state index contributed by atoms with van der Waals surface area (Å²) in [5, 5.41) is 8.22. The minimum absolute atomic E-state index is 0.179. The largest absolute Gasteiger partial charge is 0.389 e. The van der Waals surface area contributed by atoms with E-state index in [0.717, 1.165) is 11.5 Å².